The van der Waals surface area contributed by atoms with Gasteiger partial charge in [-0.2, -0.15) is 5.10 Å². The molecule has 0 saturated heterocycles. The number of benzene rings is 2. The molecule has 0 radical (unpaired) electrons. The van der Waals surface area contributed by atoms with E-state index in [1.807, 2.05) is 37.3 Å². The summed E-state index contributed by atoms with van der Waals surface area (Å²) in [5.74, 6) is 0.774. The van der Waals surface area contributed by atoms with Crippen molar-refractivity contribution in [1.82, 2.24) is 14.7 Å². The first-order valence-electron chi connectivity index (χ1n) is 11.2. The molecule has 1 heterocycles. The summed E-state index contributed by atoms with van der Waals surface area (Å²) in [6.07, 6.45) is 1.97. The minimum atomic E-state index is -0.623. The first kappa shape index (κ1) is 24.6. The normalized spacial score (nSPS) is 12.2. The molecular formula is C26H32FN3O3. The lowest BCUT2D eigenvalue weighted by Gasteiger charge is -2.25. The average molecular weight is 454 g/mol. The summed E-state index contributed by atoms with van der Waals surface area (Å²) in [6.45, 7) is 10.1. The van der Waals surface area contributed by atoms with Crippen molar-refractivity contribution in [3.63, 3.8) is 0 Å². The van der Waals surface area contributed by atoms with Crippen LogP contribution >= 0.6 is 0 Å². The summed E-state index contributed by atoms with van der Waals surface area (Å²) in [5.41, 5.74) is 2.61. The second-order valence-electron chi connectivity index (χ2n) is 7.89. The lowest BCUT2D eigenvalue weighted by atomic mass is 10.2. The Morgan fingerprint density at radius 1 is 1.18 bits per heavy atom. The monoisotopic (exact) mass is 453 g/mol. The highest BCUT2D eigenvalue weighted by Gasteiger charge is 2.22. The average Bonchev–Trinajstić information content (AvgIpc) is 3.11. The van der Waals surface area contributed by atoms with Crippen molar-refractivity contribution in [3.8, 4) is 17.3 Å². The van der Waals surface area contributed by atoms with Crippen molar-refractivity contribution >= 4 is 0 Å². The van der Waals surface area contributed by atoms with E-state index in [1.54, 1.807) is 22.9 Å². The van der Waals surface area contributed by atoms with Crippen molar-refractivity contribution in [2.24, 2.45) is 0 Å². The van der Waals surface area contributed by atoms with E-state index in [9.17, 15) is 9.50 Å². The Balaban J connectivity index is 1.90. The first-order chi connectivity index (χ1) is 16.0. The molecule has 1 N–H and O–H groups in total. The fraction of sp³-hybridized carbons (Fsp3) is 0.346. The zero-order valence-electron chi connectivity index (χ0n) is 19.3. The third-order valence-electron chi connectivity index (χ3n) is 5.10. The van der Waals surface area contributed by atoms with E-state index in [0.717, 1.165) is 29.9 Å². The van der Waals surface area contributed by atoms with Crippen molar-refractivity contribution in [2.45, 2.75) is 32.9 Å². The molecule has 1 aromatic heterocycles. The number of aliphatic hydroxyl groups is 1. The van der Waals surface area contributed by atoms with Crippen molar-refractivity contribution < 1.29 is 19.0 Å². The summed E-state index contributed by atoms with van der Waals surface area (Å²) in [7, 11) is 0. The molecule has 0 bridgehead atoms. The number of halogens is 1. The summed E-state index contributed by atoms with van der Waals surface area (Å²) in [4.78, 5) is 2.17. The molecule has 3 rings (SSSR count). The maximum absolute atomic E-state index is 13.4. The molecule has 0 aliphatic carbocycles. The molecule has 33 heavy (non-hydrogen) atoms. The Hall–Kier alpha value is -3.00. The number of hydrogen-bond acceptors (Lipinski definition) is 5. The van der Waals surface area contributed by atoms with Crippen LogP contribution in [0.1, 0.15) is 24.6 Å². The summed E-state index contributed by atoms with van der Waals surface area (Å²) in [6, 6.07) is 15.7. The highest BCUT2D eigenvalue weighted by atomic mass is 19.1. The largest absolute Gasteiger partial charge is 0.439 e. The summed E-state index contributed by atoms with van der Waals surface area (Å²) < 4.78 is 26.8. The minimum Gasteiger partial charge on any atom is -0.439 e. The Labute approximate surface area is 194 Å². The van der Waals surface area contributed by atoms with Gasteiger partial charge in [0.1, 0.15) is 11.6 Å². The van der Waals surface area contributed by atoms with E-state index in [2.05, 4.69) is 18.4 Å². The van der Waals surface area contributed by atoms with Crippen LogP contribution in [0.3, 0.4) is 0 Å². The smallest absolute Gasteiger partial charge is 0.227 e. The molecule has 176 valence electrons. The van der Waals surface area contributed by atoms with Crippen LogP contribution in [0.2, 0.25) is 0 Å². The third-order valence-corrected chi connectivity index (χ3v) is 5.10. The Bertz CT molecular complexity index is 1010. The van der Waals surface area contributed by atoms with Gasteiger partial charge in [0, 0.05) is 13.1 Å². The van der Waals surface area contributed by atoms with Crippen LogP contribution in [-0.4, -0.2) is 52.2 Å². The molecule has 0 amide bonds. The van der Waals surface area contributed by atoms with E-state index in [-0.39, 0.29) is 12.4 Å². The van der Waals surface area contributed by atoms with Crippen LogP contribution in [-0.2, 0) is 11.3 Å². The van der Waals surface area contributed by atoms with Gasteiger partial charge >= 0.3 is 0 Å². The number of para-hydroxylation sites is 1. The fourth-order valence-electron chi connectivity index (χ4n) is 3.60. The highest BCUT2D eigenvalue weighted by Crippen LogP contribution is 2.31. The third kappa shape index (κ3) is 6.99. The number of hydrogen-bond donors (Lipinski definition) is 1. The van der Waals surface area contributed by atoms with E-state index in [1.165, 1.54) is 12.1 Å². The van der Waals surface area contributed by atoms with Crippen LogP contribution < -0.4 is 4.74 Å². The van der Waals surface area contributed by atoms with Crippen LogP contribution in [0.4, 0.5) is 4.39 Å². The maximum Gasteiger partial charge on any atom is 0.227 e. The number of ether oxygens (including phenoxy) is 2. The van der Waals surface area contributed by atoms with E-state index in [0.29, 0.717) is 31.3 Å². The number of aryl methyl sites for hydroxylation is 1. The molecule has 0 unspecified atom stereocenters. The Morgan fingerprint density at radius 2 is 1.91 bits per heavy atom. The predicted octanol–water partition coefficient (Wildman–Crippen LogP) is 4.89. The second-order valence-corrected chi connectivity index (χ2v) is 7.89. The van der Waals surface area contributed by atoms with E-state index in [4.69, 9.17) is 14.6 Å². The predicted molar refractivity (Wildman–Crippen MR) is 127 cm³/mol. The van der Waals surface area contributed by atoms with Gasteiger partial charge in [-0.05, 0) is 56.3 Å². The molecule has 0 fully saturated rings. The number of nitrogens with zero attached hydrogens (tertiary/aromatic N) is 3. The zero-order valence-corrected chi connectivity index (χ0v) is 19.3. The Kier molecular flexibility index (Phi) is 9.18. The highest BCUT2D eigenvalue weighted by molar-refractivity contribution is 5.43. The summed E-state index contributed by atoms with van der Waals surface area (Å²) >= 11 is 0. The van der Waals surface area contributed by atoms with Crippen molar-refractivity contribution in [2.75, 3.05) is 26.3 Å². The minimum absolute atomic E-state index is 0.243. The van der Waals surface area contributed by atoms with Gasteiger partial charge in [-0.1, -0.05) is 31.2 Å². The molecule has 6 nitrogen and oxygen atoms in total. The van der Waals surface area contributed by atoms with Crippen molar-refractivity contribution in [3.05, 3.63) is 84.3 Å². The van der Waals surface area contributed by atoms with Crippen LogP contribution in [0.25, 0.3) is 5.69 Å². The van der Waals surface area contributed by atoms with Crippen LogP contribution in [0, 0.1) is 12.7 Å². The van der Waals surface area contributed by atoms with E-state index < -0.39 is 6.10 Å². The molecule has 0 spiro atoms. The molecule has 7 heteroatoms. The first-order valence-corrected chi connectivity index (χ1v) is 11.2. The number of aliphatic hydroxyl groups excluding tert-OH is 1. The number of aromatic nitrogens is 2. The van der Waals surface area contributed by atoms with Gasteiger partial charge in [0.15, 0.2) is 0 Å². The SMILES string of the molecule is C=CCOC[C@@H](O)CN(CCC)Cc1c(C)nn(-c2ccccc2)c1Oc1ccc(F)cc1. The quantitative estimate of drug-likeness (QED) is 0.295. The van der Waals surface area contributed by atoms with Gasteiger partial charge in [-0.3, -0.25) is 4.90 Å². The van der Waals surface area contributed by atoms with Gasteiger partial charge in [0.2, 0.25) is 5.88 Å². The lowest BCUT2D eigenvalue weighted by Crippen LogP contribution is -2.35. The van der Waals surface area contributed by atoms with E-state index >= 15 is 0 Å². The lowest BCUT2D eigenvalue weighted by molar-refractivity contribution is 0.0244. The molecule has 0 saturated carbocycles. The second kappa shape index (κ2) is 12.3. The standard InChI is InChI=1S/C26H32FN3O3/c1-4-15-29(17-23(31)19-32-16-5-2)18-25-20(3)28-30(22-9-7-6-8-10-22)26(25)33-24-13-11-21(27)12-14-24/h5-14,23,31H,2,4,15-19H2,1,3H3/t23-/m0/s1. The molecular weight excluding hydrogens is 421 g/mol. The molecule has 2 aromatic carbocycles. The molecule has 3 aromatic rings. The Morgan fingerprint density at radius 3 is 2.58 bits per heavy atom. The topological polar surface area (TPSA) is 59.8 Å². The van der Waals surface area contributed by atoms with Gasteiger partial charge in [0.25, 0.3) is 0 Å². The number of rotatable bonds is 13. The fourth-order valence-corrected chi connectivity index (χ4v) is 3.60. The van der Waals surface area contributed by atoms with Gasteiger partial charge in [-0.25, -0.2) is 9.07 Å². The summed E-state index contributed by atoms with van der Waals surface area (Å²) in [5, 5.41) is 15.2. The zero-order chi connectivity index (χ0) is 23.6. The van der Waals surface area contributed by atoms with Gasteiger partial charge in [-0.15, -0.1) is 6.58 Å². The maximum atomic E-state index is 13.4. The van der Waals surface area contributed by atoms with Crippen LogP contribution in [0.15, 0.2) is 67.3 Å². The molecule has 0 aliphatic heterocycles. The molecule has 0 aliphatic rings. The van der Waals surface area contributed by atoms with Gasteiger partial charge in [0.05, 0.1) is 36.3 Å². The van der Waals surface area contributed by atoms with Gasteiger partial charge < -0.3 is 14.6 Å². The van der Waals surface area contributed by atoms with Crippen LogP contribution in [0.5, 0.6) is 11.6 Å². The molecule has 1 atom stereocenters. The van der Waals surface area contributed by atoms with Crippen molar-refractivity contribution in [1.29, 1.82) is 0 Å².